The minimum absolute atomic E-state index is 0.238. The second kappa shape index (κ2) is 11.7. The Morgan fingerprint density at radius 1 is 0.892 bits per heavy atom. The van der Waals surface area contributed by atoms with Crippen LogP contribution in [0, 0.1) is 11.3 Å². The van der Waals surface area contributed by atoms with E-state index in [1.807, 2.05) is 6.07 Å². The number of anilines is 1. The van der Waals surface area contributed by atoms with Gasteiger partial charge in [0.25, 0.3) is 5.91 Å². The molecule has 0 saturated carbocycles. The molecule has 10 heteroatoms. The fourth-order valence-corrected chi connectivity index (χ4v) is 3.34. The summed E-state index contributed by atoms with van der Waals surface area (Å²) in [5, 5.41) is 12.2. The number of carbonyl (C=O) groups is 2. The number of esters is 1. The monoisotopic (exact) mass is 511 g/mol. The second-order valence-electron chi connectivity index (χ2n) is 9.17. The molecular formula is C27H33N3O7. The zero-order chi connectivity index (χ0) is 28.0. The normalized spacial score (nSPS) is 13.0. The summed E-state index contributed by atoms with van der Waals surface area (Å²) in [6.45, 7) is 6.30. The third-order valence-electron chi connectivity index (χ3n) is 5.24. The number of allylic oxidation sites excluding steroid dienone is 1. The highest BCUT2D eigenvalue weighted by Gasteiger charge is 2.41. The van der Waals surface area contributed by atoms with E-state index in [9.17, 15) is 14.9 Å². The molecule has 0 radical (unpaired) electrons. The van der Waals surface area contributed by atoms with Crippen molar-refractivity contribution >= 4 is 23.1 Å². The van der Waals surface area contributed by atoms with Gasteiger partial charge in [0, 0.05) is 6.08 Å². The van der Waals surface area contributed by atoms with E-state index in [-0.39, 0.29) is 5.69 Å². The van der Waals surface area contributed by atoms with Crippen LogP contribution in [-0.4, -0.2) is 51.5 Å². The van der Waals surface area contributed by atoms with Crippen LogP contribution in [0.5, 0.6) is 23.0 Å². The van der Waals surface area contributed by atoms with Gasteiger partial charge in [-0.3, -0.25) is 4.79 Å². The molecule has 1 atom stereocenters. The Labute approximate surface area is 216 Å². The van der Waals surface area contributed by atoms with Crippen LogP contribution in [0.25, 0.3) is 5.57 Å². The van der Waals surface area contributed by atoms with E-state index in [0.717, 1.165) is 0 Å². The van der Waals surface area contributed by atoms with Crippen LogP contribution in [0.4, 0.5) is 5.69 Å². The van der Waals surface area contributed by atoms with E-state index in [0.29, 0.717) is 39.7 Å². The van der Waals surface area contributed by atoms with Crippen molar-refractivity contribution in [1.82, 2.24) is 0 Å². The molecule has 2 rings (SSSR count). The number of nitrogens with one attached hydrogen (secondary N) is 1. The number of hydrogen-bond donors (Lipinski definition) is 2. The lowest BCUT2D eigenvalue weighted by atomic mass is 9.96. The van der Waals surface area contributed by atoms with E-state index in [1.165, 1.54) is 41.4 Å². The number of methoxy groups -OCH3 is 4. The fourth-order valence-electron chi connectivity index (χ4n) is 3.34. The number of ether oxygens (including phenoxy) is 5. The van der Waals surface area contributed by atoms with Gasteiger partial charge in [-0.15, -0.1) is 0 Å². The van der Waals surface area contributed by atoms with Crippen molar-refractivity contribution in [3.63, 3.8) is 0 Å². The second-order valence-corrected chi connectivity index (χ2v) is 9.17. The molecule has 198 valence electrons. The van der Waals surface area contributed by atoms with Crippen molar-refractivity contribution in [3.8, 4) is 29.1 Å². The van der Waals surface area contributed by atoms with Crippen molar-refractivity contribution in [2.24, 2.45) is 5.73 Å². The molecule has 0 fully saturated rings. The van der Waals surface area contributed by atoms with Crippen LogP contribution in [0.1, 0.15) is 38.8 Å². The summed E-state index contributed by atoms with van der Waals surface area (Å²) in [6.07, 6.45) is 1.35. The third kappa shape index (κ3) is 6.71. The molecule has 2 aromatic rings. The largest absolute Gasteiger partial charge is 0.495 e. The number of hydrogen-bond acceptors (Lipinski definition) is 9. The van der Waals surface area contributed by atoms with Crippen LogP contribution in [0.3, 0.4) is 0 Å². The lowest BCUT2D eigenvalue weighted by Gasteiger charge is -2.27. The highest BCUT2D eigenvalue weighted by atomic mass is 16.6. The standard InChI is InChI=1S/C27H33N3O7/c1-26(2,3)37-25(32)27(4,29)24(31)30-19-13-16(9-10-20(19)33-5)18(11-12-28)17-14-21(34-6)23(36-8)22(15-17)35-7/h9-11,13-15H,29H2,1-8H3,(H,30,31). The van der Waals surface area contributed by atoms with E-state index >= 15 is 0 Å². The summed E-state index contributed by atoms with van der Waals surface area (Å²) in [7, 11) is 5.91. The van der Waals surface area contributed by atoms with Gasteiger partial charge in [0.05, 0.1) is 40.2 Å². The molecule has 0 aromatic heterocycles. The molecule has 2 aromatic carbocycles. The summed E-state index contributed by atoms with van der Waals surface area (Å²) in [4.78, 5) is 25.6. The Kier molecular flexibility index (Phi) is 9.15. The average molecular weight is 512 g/mol. The van der Waals surface area contributed by atoms with Crippen LogP contribution < -0.4 is 30.0 Å². The van der Waals surface area contributed by atoms with Gasteiger partial charge in [0.15, 0.2) is 17.0 Å². The topological polar surface area (TPSA) is 142 Å². The quantitative estimate of drug-likeness (QED) is 0.293. The number of carbonyl (C=O) groups excluding carboxylic acids is 2. The van der Waals surface area contributed by atoms with E-state index in [2.05, 4.69) is 5.32 Å². The van der Waals surface area contributed by atoms with Crippen molar-refractivity contribution < 1.29 is 33.3 Å². The van der Waals surface area contributed by atoms with Crippen molar-refractivity contribution in [2.45, 2.75) is 38.8 Å². The lowest BCUT2D eigenvalue weighted by molar-refractivity contribution is -0.162. The Balaban J connectivity index is 2.56. The smallest absolute Gasteiger partial charge is 0.336 e. The fraction of sp³-hybridized carbons (Fsp3) is 0.370. The van der Waals surface area contributed by atoms with Crippen LogP contribution in [0.2, 0.25) is 0 Å². The maximum atomic E-state index is 13.0. The molecule has 0 aliphatic heterocycles. The zero-order valence-corrected chi connectivity index (χ0v) is 22.3. The molecule has 0 spiro atoms. The summed E-state index contributed by atoms with van der Waals surface area (Å²) in [6, 6.07) is 10.4. The Hall–Kier alpha value is -4.23. The average Bonchev–Trinajstić information content (AvgIpc) is 2.85. The number of nitrogens with zero attached hydrogens (tertiary/aromatic N) is 1. The number of nitriles is 1. The maximum absolute atomic E-state index is 13.0. The van der Waals surface area contributed by atoms with Gasteiger partial charge >= 0.3 is 5.97 Å². The van der Waals surface area contributed by atoms with Crippen molar-refractivity contribution in [3.05, 3.63) is 47.5 Å². The minimum Gasteiger partial charge on any atom is -0.495 e. The molecule has 3 N–H and O–H groups in total. The van der Waals surface area contributed by atoms with Crippen LogP contribution in [-0.2, 0) is 14.3 Å². The first-order valence-electron chi connectivity index (χ1n) is 11.2. The first-order chi connectivity index (χ1) is 17.3. The van der Waals surface area contributed by atoms with Gasteiger partial charge < -0.3 is 34.7 Å². The third-order valence-corrected chi connectivity index (χ3v) is 5.24. The first-order valence-corrected chi connectivity index (χ1v) is 11.2. The van der Waals surface area contributed by atoms with Gasteiger partial charge in [-0.2, -0.15) is 5.26 Å². The van der Waals surface area contributed by atoms with Gasteiger partial charge in [-0.1, -0.05) is 6.07 Å². The molecule has 37 heavy (non-hydrogen) atoms. The van der Waals surface area contributed by atoms with Gasteiger partial charge in [-0.05, 0) is 68.7 Å². The SMILES string of the molecule is COc1ccc(C(=CC#N)c2cc(OC)c(OC)c(OC)c2)cc1NC(=O)C(C)(N)C(=O)OC(C)(C)C. The Bertz CT molecular complexity index is 1210. The predicted molar refractivity (Wildman–Crippen MR) is 139 cm³/mol. The Morgan fingerprint density at radius 3 is 1.92 bits per heavy atom. The van der Waals surface area contributed by atoms with Gasteiger partial charge in [0.1, 0.15) is 11.4 Å². The molecule has 0 bridgehead atoms. The molecule has 0 aliphatic rings. The molecular weight excluding hydrogens is 478 g/mol. The number of nitrogens with two attached hydrogens (primary N) is 1. The molecule has 0 heterocycles. The molecule has 10 nitrogen and oxygen atoms in total. The highest BCUT2D eigenvalue weighted by Crippen LogP contribution is 2.41. The number of rotatable bonds is 9. The van der Waals surface area contributed by atoms with Gasteiger partial charge in [-0.25, -0.2) is 4.79 Å². The number of benzene rings is 2. The predicted octanol–water partition coefficient (Wildman–Crippen LogP) is 3.67. The maximum Gasteiger partial charge on any atom is 0.336 e. The van der Waals surface area contributed by atoms with Crippen molar-refractivity contribution in [2.75, 3.05) is 33.8 Å². The zero-order valence-electron chi connectivity index (χ0n) is 22.3. The Morgan fingerprint density at radius 2 is 1.46 bits per heavy atom. The van der Waals surface area contributed by atoms with Gasteiger partial charge in [0.2, 0.25) is 5.75 Å². The summed E-state index contributed by atoms with van der Waals surface area (Å²) in [5.41, 5.74) is 5.15. The van der Waals surface area contributed by atoms with E-state index < -0.39 is 23.0 Å². The number of amides is 1. The van der Waals surface area contributed by atoms with E-state index in [1.54, 1.807) is 51.1 Å². The van der Waals surface area contributed by atoms with Crippen LogP contribution >= 0.6 is 0 Å². The lowest BCUT2D eigenvalue weighted by Crippen LogP contribution is -2.57. The summed E-state index contributed by atoms with van der Waals surface area (Å²) >= 11 is 0. The first kappa shape index (κ1) is 29.0. The van der Waals surface area contributed by atoms with Crippen molar-refractivity contribution in [1.29, 1.82) is 5.26 Å². The minimum atomic E-state index is -1.98. The molecule has 1 amide bonds. The molecule has 0 saturated heterocycles. The molecule has 1 unspecified atom stereocenters. The van der Waals surface area contributed by atoms with Crippen LogP contribution in [0.15, 0.2) is 36.4 Å². The summed E-state index contributed by atoms with van der Waals surface area (Å²) < 4.78 is 27.0. The molecule has 0 aliphatic carbocycles. The van der Waals surface area contributed by atoms with E-state index in [4.69, 9.17) is 29.4 Å². The summed E-state index contributed by atoms with van der Waals surface area (Å²) in [5.74, 6) is -0.153. The highest BCUT2D eigenvalue weighted by molar-refractivity contribution is 6.13.